The van der Waals surface area contributed by atoms with Crippen molar-refractivity contribution in [1.82, 2.24) is 15.7 Å². The number of rotatable bonds is 29. The van der Waals surface area contributed by atoms with Gasteiger partial charge in [-0.25, -0.2) is 4.79 Å². The Hall–Kier alpha value is -6.28. The molecular formula is C71H106Br2N6O21. The van der Waals surface area contributed by atoms with E-state index in [9.17, 15) is 58.2 Å². The van der Waals surface area contributed by atoms with Crippen LogP contribution >= 0.6 is 31.9 Å². The van der Waals surface area contributed by atoms with E-state index in [1.54, 1.807) is 32.1 Å². The molecule has 0 aromatic carbocycles. The minimum Gasteiger partial charge on any atom is -0.459 e. The van der Waals surface area contributed by atoms with Crippen molar-refractivity contribution in [3.63, 3.8) is 0 Å². The Morgan fingerprint density at radius 3 is 1.38 bits per heavy atom. The number of Topliss-reactive ketones (excluding diaryl/α,β-unsaturated/α-hetero) is 3. The minimum absolute atomic E-state index is 0. The van der Waals surface area contributed by atoms with Gasteiger partial charge in [-0.1, -0.05) is 108 Å². The fourth-order valence-electron chi connectivity index (χ4n) is 12.0. The lowest BCUT2D eigenvalue weighted by Gasteiger charge is -2.39. The van der Waals surface area contributed by atoms with E-state index in [1.165, 1.54) is 32.1 Å². The van der Waals surface area contributed by atoms with Crippen molar-refractivity contribution in [2.24, 2.45) is 17.6 Å². The second kappa shape index (κ2) is 41.7. The number of nitrogens with zero attached hydrogens (tertiary/aromatic N) is 1. The third-order valence-electron chi connectivity index (χ3n) is 17.4. The summed E-state index contributed by atoms with van der Waals surface area (Å²) in [5, 5.41) is 43.6. The van der Waals surface area contributed by atoms with Crippen LogP contribution < -0.4 is 16.4 Å². The molecule has 0 aliphatic carbocycles. The first kappa shape index (κ1) is 87.9. The first-order valence-electron chi connectivity index (χ1n) is 33.0. The number of halogens is 2. The zero-order valence-corrected chi connectivity index (χ0v) is 60.6. The number of nitrogens with one attached hydrogen (secondary N) is 4. The molecule has 7 saturated heterocycles. The molecule has 2 spiro atoms. The Morgan fingerprint density at radius 1 is 0.630 bits per heavy atom. The van der Waals surface area contributed by atoms with E-state index in [0.717, 1.165) is 24.0 Å². The maximum atomic E-state index is 12.6. The average molecular weight is 1540 g/mol. The molecule has 0 aromatic rings. The zero-order valence-electron chi connectivity index (χ0n) is 57.5. The molecule has 4 amide bonds. The van der Waals surface area contributed by atoms with Gasteiger partial charge < -0.3 is 74.7 Å². The topological polar surface area (TPSA) is 402 Å². The number of allylic oxidation sites excluding steroid dienone is 4. The molecule has 100 heavy (non-hydrogen) atoms. The van der Waals surface area contributed by atoms with Gasteiger partial charge in [-0.3, -0.25) is 48.6 Å². The lowest BCUT2D eigenvalue weighted by atomic mass is 9.86. The lowest BCUT2D eigenvalue weighted by molar-refractivity contribution is -0.195. The van der Waals surface area contributed by atoms with E-state index in [0.29, 0.717) is 44.0 Å². The number of esters is 2. The van der Waals surface area contributed by atoms with Crippen molar-refractivity contribution in [2.45, 2.75) is 264 Å². The molecule has 0 saturated carbocycles. The van der Waals surface area contributed by atoms with Crippen molar-refractivity contribution >= 4 is 102 Å². The van der Waals surface area contributed by atoms with Crippen LogP contribution in [0.2, 0.25) is 0 Å². The molecule has 7 heterocycles. The summed E-state index contributed by atoms with van der Waals surface area (Å²) in [6.07, 6.45) is 16.0. The second-order valence-corrected chi connectivity index (χ2v) is 27.4. The number of amides is 4. The number of ether oxygens (including phenoxy) is 8. The standard InChI is InChI=1S/C33H47BrN2O9.C30H45N3O8.C6H6BrNO4.2CH4/c1-19(6-9-29-20(2)12-28(22(4)44-29)36-31(40)11-8-21(3)43-23(5)37)7-10-30-32(41)33(18-42-33)16-27(45-30)15-25(38)13-24(35)14-26(39)17-34;1-17(7-10-26-29(37)30(16-38-30)15-23(41-26)13-22(35)14-27(31)32)6-9-25-18(2)12-24(20(4)40-25)33-28(36)11-8-19(3)39-21(5)34;7-3-6(11)12-8-4(9)1-2-5(8)10;;/h6-8,10-11,20-22,27-30,32,35,41H,9,12-18H2,1-5H3,(H,36,40);6-8,10-11,18-20,23-26,29,37H,9,12-16H2,1-5H3,(H3,31,32)(H,33,36);1-3H2;2*1H4/b10-7+,11-8-,19-6+,35-24?;10-7+,11-8-,17-6+;;;/t20-,21-,22+,27+,28+,29-,30+,32+,33+;18-,19-,20+,23+,24+,25-,26+,29+,30+;;;/m00.../s1. The van der Waals surface area contributed by atoms with E-state index in [4.69, 9.17) is 54.4 Å². The highest BCUT2D eigenvalue weighted by Gasteiger charge is 2.59. The van der Waals surface area contributed by atoms with Crippen LogP contribution in [0.15, 0.2) is 71.9 Å². The summed E-state index contributed by atoms with van der Waals surface area (Å²) in [4.78, 5) is 120. The van der Waals surface area contributed by atoms with Crippen LogP contribution in [0.3, 0.4) is 0 Å². The number of imide groups is 1. The summed E-state index contributed by atoms with van der Waals surface area (Å²) in [7, 11) is 0. The van der Waals surface area contributed by atoms with Crippen molar-refractivity contribution in [3.05, 3.63) is 71.9 Å². The van der Waals surface area contributed by atoms with Gasteiger partial charge in [0, 0.05) is 83.1 Å². The Kier molecular flexibility index (Phi) is 36.7. The van der Waals surface area contributed by atoms with Gasteiger partial charge in [0.05, 0.1) is 79.5 Å². The number of ketones is 3. The molecule has 7 aliphatic rings. The van der Waals surface area contributed by atoms with E-state index < -0.39 is 89.8 Å². The highest BCUT2D eigenvalue weighted by atomic mass is 79.9. The molecule has 0 radical (unpaired) electrons. The van der Waals surface area contributed by atoms with Crippen molar-refractivity contribution in [3.8, 4) is 0 Å². The molecule has 0 bridgehead atoms. The molecule has 27 nitrogen and oxygen atoms in total. The molecule has 8 N–H and O–H groups in total. The minimum atomic E-state index is -0.864. The molecule has 29 heteroatoms. The monoisotopic (exact) mass is 1540 g/mol. The molecule has 7 rings (SSSR count). The molecular weight excluding hydrogens is 1430 g/mol. The molecule has 18 atom stereocenters. The predicted octanol–water partition coefficient (Wildman–Crippen LogP) is 7.21. The van der Waals surface area contributed by atoms with Gasteiger partial charge in [-0.05, 0) is 91.2 Å². The Morgan fingerprint density at radius 2 is 1.02 bits per heavy atom. The van der Waals surface area contributed by atoms with Crippen LogP contribution in [0.4, 0.5) is 0 Å². The number of epoxide rings is 2. The van der Waals surface area contributed by atoms with Gasteiger partial charge in [-0.15, -0.1) is 5.06 Å². The normalized spacial score (nSPS) is 30.8. The Balaban J connectivity index is 0.000000439. The molecule has 0 unspecified atom stereocenters. The summed E-state index contributed by atoms with van der Waals surface area (Å²) >= 11 is 5.91. The van der Waals surface area contributed by atoms with Gasteiger partial charge in [0.25, 0.3) is 11.8 Å². The zero-order chi connectivity index (χ0) is 72.8. The van der Waals surface area contributed by atoms with Crippen molar-refractivity contribution in [2.75, 3.05) is 23.9 Å². The highest BCUT2D eigenvalue weighted by Crippen LogP contribution is 2.45. The molecule has 7 aliphatic heterocycles. The largest absolute Gasteiger partial charge is 0.459 e. The maximum absolute atomic E-state index is 12.6. The van der Waals surface area contributed by atoms with Gasteiger partial charge in [-0.2, -0.15) is 0 Å². The number of carbonyl (C=O) groups is 10. The van der Waals surface area contributed by atoms with E-state index in [2.05, 4.69) is 73.3 Å². The fraction of sp³-hybridized carbons (Fsp3) is 0.662. The van der Waals surface area contributed by atoms with Crippen LogP contribution in [-0.4, -0.2) is 206 Å². The van der Waals surface area contributed by atoms with Gasteiger partial charge >= 0.3 is 17.9 Å². The number of aliphatic hydroxyl groups excluding tert-OH is 2. The van der Waals surface area contributed by atoms with E-state index >= 15 is 0 Å². The van der Waals surface area contributed by atoms with Gasteiger partial charge in [0.1, 0.15) is 70.5 Å². The SMILES string of the molecule is C.C.CC(=O)O[C@@H](C)/C=C\C(=O)N[C@@H]1C[C@H](C)[C@H](C/C=C(C)/C=C/[C@H]2O[C@H](CC(=O)CC(=N)CC(=O)CBr)C[C@@]3(CO3)[C@@H]2O)O[C@@H]1C.CC(=O)O[C@@H](C)/C=C\C(=O)N[C@@H]1C[C@H](C)[C@H](C/C=C(C)/C=C/[C@H]2O[C@H](CC(=O)CC(=N)N)C[C@@]3(CO3)[C@@H]2O)O[C@@H]1C.O=C(CBr)ON1C(=O)CCC1=O. The lowest BCUT2D eigenvalue weighted by Crippen LogP contribution is -2.50. The first-order chi connectivity index (χ1) is 46.1. The first-order valence-corrected chi connectivity index (χ1v) is 35.3. The van der Waals surface area contributed by atoms with Gasteiger partial charge in [0.2, 0.25) is 11.8 Å². The molecule has 7 fully saturated rings. The second-order valence-electron chi connectivity index (χ2n) is 26.3. The van der Waals surface area contributed by atoms with Crippen LogP contribution in [-0.2, 0) is 90.7 Å². The third kappa shape index (κ3) is 29.2. The number of alkyl halides is 2. The molecule has 560 valence electrons. The number of hydroxylamine groups is 2. The Bertz CT molecular complexity index is 3050. The summed E-state index contributed by atoms with van der Waals surface area (Å²) in [6.45, 7) is 18.8. The fourth-order valence-corrected chi connectivity index (χ4v) is 12.3. The number of hydrogen-bond donors (Lipinski definition) is 7. The number of aliphatic hydroxyl groups is 2. The Labute approximate surface area is 604 Å². The number of carbonyl (C=O) groups excluding carboxylic acids is 10. The van der Waals surface area contributed by atoms with Crippen LogP contribution in [0.25, 0.3) is 0 Å². The van der Waals surface area contributed by atoms with E-state index in [-0.39, 0.29) is 160 Å². The average Bonchev–Trinajstić information content (AvgIpc) is 1.60. The number of nitrogens with two attached hydrogens (primary N) is 1. The smallest absolute Gasteiger partial charge is 0.343 e. The van der Waals surface area contributed by atoms with Crippen LogP contribution in [0, 0.1) is 22.7 Å². The predicted molar refractivity (Wildman–Crippen MR) is 378 cm³/mol. The maximum Gasteiger partial charge on any atom is 0.343 e. The van der Waals surface area contributed by atoms with Crippen LogP contribution in [0.1, 0.15) is 168 Å². The third-order valence-corrected chi connectivity index (χ3v) is 18.5. The van der Waals surface area contributed by atoms with Gasteiger partial charge in [0.15, 0.2) is 0 Å². The van der Waals surface area contributed by atoms with Crippen LogP contribution in [0.5, 0.6) is 0 Å². The van der Waals surface area contributed by atoms with Crippen molar-refractivity contribution in [1.29, 1.82) is 10.8 Å². The number of hydrogen-bond acceptors (Lipinski definition) is 23. The van der Waals surface area contributed by atoms with Crippen molar-refractivity contribution < 1.29 is 101 Å². The molecule has 0 aromatic heterocycles. The quantitative estimate of drug-likeness (QED) is 0.00568. The summed E-state index contributed by atoms with van der Waals surface area (Å²) in [6, 6.07) is -0.281. The summed E-state index contributed by atoms with van der Waals surface area (Å²) in [5.74, 6) is -3.18. The highest BCUT2D eigenvalue weighted by molar-refractivity contribution is 9.09. The van der Waals surface area contributed by atoms with E-state index in [1.807, 2.05) is 39.8 Å². The summed E-state index contributed by atoms with van der Waals surface area (Å²) < 4.78 is 45.9. The number of amidine groups is 1. The summed E-state index contributed by atoms with van der Waals surface area (Å²) in [5.41, 5.74) is 5.97.